The van der Waals surface area contributed by atoms with Gasteiger partial charge in [-0.1, -0.05) is 63.1 Å². The largest absolute Gasteiger partial charge is 0.332 e. The van der Waals surface area contributed by atoms with E-state index >= 15 is 0 Å². The van der Waals surface area contributed by atoms with Gasteiger partial charge in [-0.3, -0.25) is 0 Å². The van der Waals surface area contributed by atoms with Gasteiger partial charge in [0.1, 0.15) is 0 Å². The topological polar surface area (TPSA) is 32.3 Å². The van der Waals surface area contributed by atoms with Crippen LogP contribution < -0.4 is 5.32 Å². The average molecular weight is 543 g/mol. The van der Waals surface area contributed by atoms with Gasteiger partial charge >= 0.3 is 6.03 Å². The fraction of sp³-hybridized carbons (Fsp3) is 0.757. The predicted octanol–water partition coefficient (Wildman–Crippen LogP) is 9.01. The summed E-state index contributed by atoms with van der Waals surface area (Å²) in [6, 6.07) is 9.96. The number of urea groups is 1. The van der Waals surface area contributed by atoms with Gasteiger partial charge in [-0.25, -0.2) is 4.79 Å². The van der Waals surface area contributed by atoms with Gasteiger partial charge in [0.05, 0.1) is 0 Å². The third kappa shape index (κ3) is 3.98. The van der Waals surface area contributed by atoms with Crippen molar-refractivity contribution in [2.45, 2.75) is 123 Å². The van der Waals surface area contributed by atoms with Crippen LogP contribution in [0.2, 0.25) is 0 Å². The van der Waals surface area contributed by atoms with Gasteiger partial charge in [0, 0.05) is 18.1 Å². The molecule has 1 aromatic rings. The maximum Gasteiger partial charge on any atom is 0.318 e. The zero-order chi connectivity index (χ0) is 27.9. The van der Waals surface area contributed by atoms with Crippen LogP contribution in [0.5, 0.6) is 0 Å². The maximum atomic E-state index is 13.5. The van der Waals surface area contributed by atoms with Crippen LogP contribution in [0.1, 0.15) is 116 Å². The minimum atomic E-state index is 0.0764. The van der Waals surface area contributed by atoms with Crippen molar-refractivity contribution in [1.82, 2.24) is 10.2 Å². The van der Waals surface area contributed by atoms with Crippen molar-refractivity contribution in [3.8, 4) is 0 Å². The van der Waals surface area contributed by atoms with Gasteiger partial charge in [-0.15, -0.1) is 0 Å². The highest BCUT2D eigenvalue weighted by atomic mass is 16.2. The summed E-state index contributed by atoms with van der Waals surface area (Å²) in [5, 5.41) is 3.74. The van der Waals surface area contributed by atoms with Crippen LogP contribution in [0.15, 0.2) is 30.3 Å². The minimum absolute atomic E-state index is 0.0764. The van der Waals surface area contributed by atoms with Crippen LogP contribution in [0, 0.1) is 53.3 Å². The number of nitrogens with zero attached hydrogens (tertiary/aromatic N) is 1. The normalized spacial score (nSPS) is 43.7. The summed E-state index contributed by atoms with van der Waals surface area (Å²) in [7, 11) is 0. The molecule has 1 aromatic carbocycles. The molecule has 4 saturated carbocycles. The Morgan fingerprint density at radius 1 is 0.850 bits per heavy atom. The molecule has 1 saturated heterocycles. The molecule has 2 amide bonds. The van der Waals surface area contributed by atoms with Gasteiger partial charge in [0.2, 0.25) is 0 Å². The number of nitrogens with one attached hydrogen (secondary N) is 1. The highest BCUT2D eigenvalue weighted by molar-refractivity contribution is 5.76. The zero-order valence-corrected chi connectivity index (χ0v) is 26.0. The van der Waals surface area contributed by atoms with E-state index in [9.17, 15) is 4.79 Å². The summed E-state index contributed by atoms with van der Waals surface area (Å²) in [5.74, 6) is 4.91. The maximum absolute atomic E-state index is 13.5. The molecule has 1 N–H and O–H groups in total. The molecule has 0 aromatic heterocycles. The van der Waals surface area contributed by atoms with Crippen molar-refractivity contribution in [1.29, 1.82) is 0 Å². The number of likely N-dealkylation sites (tertiary alicyclic amines) is 1. The first-order valence-corrected chi connectivity index (χ1v) is 17.0. The van der Waals surface area contributed by atoms with Gasteiger partial charge in [0.15, 0.2) is 0 Å². The summed E-state index contributed by atoms with van der Waals surface area (Å²) < 4.78 is 0. The Morgan fingerprint density at radius 2 is 1.60 bits per heavy atom. The number of allylic oxidation sites excluding steroid dienone is 2. The molecule has 1 heterocycles. The fourth-order valence-corrected chi connectivity index (χ4v) is 12.2. The lowest BCUT2D eigenvalue weighted by atomic mass is 9.41. The lowest BCUT2D eigenvalue weighted by molar-refractivity contribution is -0.122. The zero-order valence-electron chi connectivity index (χ0n) is 26.0. The summed E-state index contributed by atoms with van der Waals surface area (Å²) in [6.07, 6.45) is 18.3. The van der Waals surface area contributed by atoms with E-state index in [0.29, 0.717) is 17.4 Å². The lowest BCUT2D eigenvalue weighted by Gasteiger charge is -2.64. The molecule has 5 fully saturated rings. The number of hydrogen-bond donors (Lipinski definition) is 1. The van der Waals surface area contributed by atoms with E-state index in [1.807, 2.05) is 0 Å². The van der Waals surface area contributed by atoms with Crippen molar-refractivity contribution in [3.05, 3.63) is 41.5 Å². The van der Waals surface area contributed by atoms with Crippen LogP contribution in [-0.2, 0) is 0 Å². The Hall–Kier alpha value is -1.77. The van der Waals surface area contributed by atoms with Crippen molar-refractivity contribution in [2.24, 2.45) is 46.3 Å². The predicted molar refractivity (Wildman–Crippen MR) is 165 cm³/mol. The first kappa shape index (κ1) is 27.1. The van der Waals surface area contributed by atoms with Crippen molar-refractivity contribution in [2.75, 3.05) is 6.54 Å². The van der Waals surface area contributed by atoms with Gasteiger partial charge in [0.25, 0.3) is 0 Å². The van der Waals surface area contributed by atoms with Crippen molar-refractivity contribution in [3.63, 3.8) is 0 Å². The minimum Gasteiger partial charge on any atom is -0.332 e. The van der Waals surface area contributed by atoms with Crippen LogP contribution >= 0.6 is 0 Å². The molecular formula is C37H54N2O. The molecule has 1 aliphatic heterocycles. The number of aryl methyl sites for hydroxylation is 1. The van der Waals surface area contributed by atoms with Gasteiger partial charge in [-0.05, 0) is 142 Å². The second kappa shape index (κ2) is 9.63. The Labute approximate surface area is 243 Å². The SMILES string of the molecule is Cc1ccc(C2=CCC3(C)C4CCC5C(CCC6(NC(=O)N7CCC[C@H]7C)CCCC56)C4CCC3C2(C)C)cc1. The molecule has 218 valence electrons. The first-order valence-electron chi connectivity index (χ1n) is 17.0. The highest BCUT2D eigenvalue weighted by Gasteiger charge is 2.62. The lowest BCUT2D eigenvalue weighted by Crippen LogP contribution is -2.62. The number of fused-ring (bicyclic) bond motifs is 7. The van der Waals surface area contributed by atoms with Crippen LogP contribution in [0.25, 0.3) is 5.57 Å². The van der Waals surface area contributed by atoms with E-state index in [2.05, 4.69) is 75.2 Å². The average Bonchev–Trinajstić information content (AvgIpc) is 3.55. The number of amides is 2. The molecule has 0 spiro atoms. The van der Waals surface area contributed by atoms with E-state index in [1.165, 1.54) is 75.3 Å². The summed E-state index contributed by atoms with van der Waals surface area (Å²) in [5.41, 5.74) is 5.10. The number of hydrogen-bond acceptors (Lipinski definition) is 1. The van der Waals surface area contributed by atoms with Crippen molar-refractivity contribution < 1.29 is 4.79 Å². The Balaban J connectivity index is 1.12. The number of benzene rings is 1. The monoisotopic (exact) mass is 542 g/mol. The molecule has 40 heavy (non-hydrogen) atoms. The molecule has 0 radical (unpaired) electrons. The van der Waals surface area contributed by atoms with E-state index in [4.69, 9.17) is 0 Å². The third-order valence-electron chi connectivity index (χ3n) is 14.0. The van der Waals surface area contributed by atoms with Crippen LogP contribution in [0.3, 0.4) is 0 Å². The molecule has 6 aliphatic rings. The quantitative estimate of drug-likeness (QED) is 0.397. The van der Waals surface area contributed by atoms with E-state index in [-0.39, 0.29) is 17.0 Å². The molecule has 8 unspecified atom stereocenters. The molecule has 3 heteroatoms. The molecule has 9 atom stereocenters. The van der Waals surface area contributed by atoms with E-state index in [1.54, 1.807) is 5.57 Å². The van der Waals surface area contributed by atoms with Crippen LogP contribution in [-0.4, -0.2) is 29.1 Å². The summed E-state index contributed by atoms with van der Waals surface area (Å²) >= 11 is 0. The Kier molecular flexibility index (Phi) is 6.52. The first-order chi connectivity index (χ1) is 19.1. The smallest absolute Gasteiger partial charge is 0.318 e. The molecule has 3 nitrogen and oxygen atoms in total. The number of rotatable bonds is 2. The van der Waals surface area contributed by atoms with Crippen molar-refractivity contribution >= 4 is 11.6 Å². The second-order valence-electron chi connectivity index (χ2n) is 16.0. The van der Waals surface area contributed by atoms with Gasteiger partial charge < -0.3 is 10.2 Å². The summed E-state index contributed by atoms with van der Waals surface area (Å²) in [6.45, 7) is 13.2. The number of carbonyl (C=O) groups is 1. The van der Waals surface area contributed by atoms with E-state index < -0.39 is 0 Å². The molecule has 5 aliphatic carbocycles. The Morgan fingerprint density at radius 3 is 2.35 bits per heavy atom. The standard InChI is InChI=1S/C37H54N2O/c1-24-10-12-26(13-11-24)30-19-21-36(5)31-16-14-29-27(28(31)15-17-33(36)35(30,3)4)18-22-37(20-6-9-32(29)37)38-34(40)39-23-7-8-25(39)2/h10-13,19,25,27-29,31-33H,6-9,14-18,20-23H2,1-5H3,(H,38,40)/t25-,27?,28?,29?,31?,32?,33?,36?,37?/m1/s1. The molecular weight excluding hydrogens is 488 g/mol. The third-order valence-corrected chi connectivity index (χ3v) is 14.0. The Bertz CT molecular complexity index is 1170. The number of carbonyl (C=O) groups excluding carboxylic acids is 1. The van der Waals surface area contributed by atoms with Gasteiger partial charge in [-0.2, -0.15) is 0 Å². The molecule has 0 bridgehead atoms. The second-order valence-corrected chi connectivity index (χ2v) is 16.0. The van der Waals surface area contributed by atoms with E-state index in [0.717, 1.165) is 49.0 Å². The van der Waals surface area contributed by atoms with Crippen LogP contribution in [0.4, 0.5) is 4.79 Å². The fourth-order valence-electron chi connectivity index (χ4n) is 12.2. The molecule has 7 rings (SSSR count). The summed E-state index contributed by atoms with van der Waals surface area (Å²) in [4.78, 5) is 15.6. The highest BCUT2D eigenvalue weighted by Crippen LogP contribution is 2.68.